The summed E-state index contributed by atoms with van der Waals surface area (Å²) in [5, 5.41) is 3.52. The van der Waals surface area contributed by atoms with Gasteiger partial charge in [0.1, 0.15) is 12.4 Å². The minimum absolute atomic E-state index is 0.203. The van der Waals surface area contributed by atoms with Crippen LogP contribution >= 0.6 is 0 Å². The third-order valence-corrected chi connectivity index (χ3v) is 4.20. The summed E-state index contributed by atoms with van der Waals surface area (Å²) in [5.74, 6) is 0.976. The van der Waals surface area contributed by atoms with Crippen LogP contribution in [0.4, 0.5) is 0 Å². The van der Waals surface area contributed by atoms with Gasteiger partial charge in [-0.05, 0) is 43.0 Å². The molecule has 3 heteroatoms. The molecule has 3 nitrogen and oxygen atoms in total. The lowest BCUT2D eigenvalue weighted by Crippen LogP contribution is -2.32. The van der Waals surface area contributed by atoms with Crippen molar-refractivity contribution < 1.29 is 4.74 Å². The Morgan fingerprint density at radius 1 is 1.19 bits per heavy atom. The molecule has 1 aliphatic heterocycles. The SMILES string of the molecule is CC1CCN(CCOc2ccc(C(C)(C)C)cc2)CCN1. The zero-order chi connectivity index (χ0) is 15.3. The monoisotopic (exact) mass is 290 g/mol. The van der Waals surface area contributed by atoms with E-state index < -0.39 is 0 Å². The molecule has 1 heterocycles. The quantitative estimate of drug-likeness (QED) is 0.922. The van der Waals surface area contributed by atoms with Crippen LogP contribution in [-0.4, -0.2) is 43.7 Å². The van der Waals surface area contributed by atoms with E-state index in [0.717, 1.165) is 32.0 Å². The standard InChI is InChI=1S/C18H30N2O/c1-15-9-11-20(12-10-19-15)13-14-21-17-7-5-16(6-8-17)18(2,3)4/h5-8,15,19H,9-14H2,1-4H3. The molecule has 2 rings (SSSR count). The van der Waals surface area contributed by atoms with E-state index in [4.69, 9.17) is 4.74 Å². The van der Waals surface area contributed by atoms with E-state index in [9.17, 15) is 0 Å². The minimum Gasteiger partial charge on any atom is -0.492 e. The molecule has 0 radical (unpaired) electrons. The van der Waals surface area contributed by atoms with Crippen molar-refractivity contribution >= 4 is 0 Å². The van der Waals surface area contributed by atoms with Gasteiger partial charge in [-0.25, -0.2) is 0 Å². The first-order chi connectivity index (χ1) is 9.95. The molecule has 1 aromatic rings. The van der Waals surface area contributed by atoms with Gasteiger partial charge < -0.3 is 10.1 Å². The molecule has 1 unspecified atom stereocenters. The van der Waals surface area contributed by atoms with Crippen LogP contribution in [0.2, 0.25) is 0 Å². The lowest BCUT2D eigenvalue weighted by atomic mass is 9.87. The second-order valence-electron chi connectivity index (χ2n) is 7.11. The zero-order valence-corrected chi connectivity index (χ0v) is 14.0. The molecule has 1 fully saturated rings. The van der Waals surface area contributed by atoms with Crippen LogP contribution in [0.3, 0.4) is 0 Å². The van der Waals surface area contributed by atoms with Crippen LogP contribution in [0.25, 0.3) is 0 Å². The topological polar surface area (TPSA) is 24.5 Å². The first-order valence-electron chi connectivity index (χ1n) is 8.14. The van der Waals surface area contributed by atoms with E-state index >= 15 is 0 Å². The van der Waals surface area contributed by atoms with E-state index in [2.05, 4.69) is 62.2 Å². The largest absolute Gasteiger partial charge is 0.492 e. The number of ether oxygens (including phenoxy) is 1. The number of benzene rings is 1. The zero-order valence-electron chi connectivity index (χ0n) is 14.0. The Hall–Kier alpha value is -1.06. The summed E-state index contributed by atoms with van der Waals surface area (Å²) in [7, 11) is 0. The molecule has 1 atom stereocenters. The van der Waals surface area contributed by atoms with Crippen LogP contribution < -0.4 is 10.1 Å². The van der Waals surface area contributed by atoms with Gasteiger partial charge in [0.05, 0.1) is 0 Å². The van der Waals surface area contributed by atoms with Crippen molar-refractivity contribution in [3.8, 4) is 5.75 Å². The van der Waals surface area contributed by atoms with Gasteiger partial charge >= 0.3 is 0 Å². The van der Waals surface area contributed by atoms with Gasteiger partial charge in [-0.2, -0.15) is 0 Å². The first-order valence-corrected chi connectivity index (χ1v) is 8.14. The highest BCUT2D eigenvalue weighted by Crippen LogP contribution is 2.24. The number of hydrogen-bond donors (Lipinski definition) is 1. The van der Waals surface area contributed by atoms with Crippen LogP contribution in [0, 0.1) is 0 Å². The van der Waals surface area contributed by atoms with Crippen molar-refractivity contribution in [1.82, 2.24) is 10.2 Å². The summed E-state index contributed by atoms with van der Waals surface area (Å²) in [4.78, 5) is 2.49. The third-order valence-electron chi connectivity index (χ3n) is 4.20. The fraction of sp³-hybridized carbons (Fsp3) is 0.667. The second kappa shape index (κ2) is 7.28. The molecular weight excluding hydrogens is 260 g/mol. The lowest BCUT2D eigenvalue weighted by molar-refractivity contribution is 0.217. The molecule has 1 aliphatic rings. The molecule has 0 aromatic heterocycles. The van der Waals surface area contributed by atoms with Crippen molar-refractivity contribution in [1.29, 1.82) is 0 Å². The van der Waals surface area contributed by atoms with E-state index in [1.54, 1.807) is 0 Å². The average Bonchev–Trinajstić information content (AvgIpc) is 2.63. The molecule has 118 valence electrons. The molecule has 0 bridgehead atoms. The van der Waals surface area contributed by atoms with Crippen LogP contribution in [0.15, 0.2) is 24.3 Å². The molecule has 21 heavy (non-hydrogen) atoms. The van der Waals surface area contributed by atoms with E-state index in [1.807, 2.05) is 0 Å². The third kappa shape index (κ3) is 5.33. The fourth-order valence-electron chi connectivity index (χ4n) is 2.63. The van der Waals surface area contributed by atoms with Gasteiger partial charge in [0.25, 0.3) is 0 Å². The summed E-state index contributed by atoms with van der Waals surface area (Å²) < 4.78 is 5.88. The predicted molar refractivity (Wildman–Crippen MR) is 89.2 cm³/mol. The number of hydrogen-bond acceptors (Lipinski definition) is 3. The highest BCUT2D eigenvalue weighted by Gasteiger charge is 2.14. The normalized spacial score (nSPS) is 21.0. The van der Waals surface area contributed by atoms with Gasteiger partial charge in [0.2, 0.25) is 0 Å². The summed E-state index contributed by atoms with van der Waals surface area (Å²) in [6.45, 7) is 14.1. The molecular formula is C18H30N2O. The molecule has 1 N–H and O–H groups in total. The van der Waals surface area contributed by atoms with Crippen molar-refractivity contribution in [2.75, 3.05) is 32.8 Å². The second-order valence-corrected chi connectivity index (χ2v) is 7.11. The minimum atomic E-state index is 0.203. The predicted octanol–water partition coefficient (Wildman–Crippen LogP) is 3.05. The molecule has 1 aromatic carbocycles. The Morgan fingerprint density at radius 3 is 2.57 bits per heavy atom. The molecule has 0 amide bonds. The molecule has 0 saturated carbocycles. The van der Waals surface area contributed by atoms with Gasteiger partial charge in [-0.15, -0.1) is 0 Å². The summed E-state index contributed by atoms with van der Waals surface area (Å²) in [6.07, 6.45) is 1.22. The molecule has 0 aliphatic carbocycles. The first kappa shape index (κ1) is 16.3. The highest BCUT2D eigenvalue weighted by molar-refractivity contribution is 5.31. The maximum Gasteiger partial charge on any atom is 0.119 e. The Bertz CT molecular complexity index is 422. The average molecular weight is 290 g/mol. The summed E-state index contributed by atoms with van der Waals surface area (Å²) >= 11 is 0. The summed E-state index contributed by atoms with van der Waals surface area (Å²) in [6, 6.07) is 9.17. The molecule has 1 saturated heterocycles. The molecule has 0 spiro atoms. The van der Waals surface area contributed by atoms with Gasteiger partial charge in [0.15, 0.2) is 0 Å². The Balaban J connectivity index is 1.75. The van der Waals surface area contributed by atoms with Gasteiger partial charge in [-0.1, -0.05) is 32.9 Å². The van der Waals surface area contributed by atoms with Crippen LogP contribution in [0.1, 0.15) is 39.7 Å². The highest BCUT2D eigenvalue weighted by atomic mass is 16.5. The number of nitrogens with one attached hydrogen (secondary N) is 1. The smallest absolute Gasteiger partial charge is 0.119 e. The van der Waals surface area contributed by atoms with Crippen molar-refractivity contribution in [3.05, 3.63) is 29.8 Å². The maximum atomic E-state index is 5.88. The Labute approximate surface area is 129 Å². The van der Waals surface area contributed by atoms with Crippen LogP contribution in [0.5, 0.6) is 5.75 Å². The van der Waals surface area contributed by atoms with Crippen LogP contribution in [-0.2, 0) is 5.41 Å². The van der Waals surface area contributed by atoms with E-state index in [-0.39, 0.29) is 5.41 Å². The van der Waals surface area contributed by atoms with Gasteiger partial charge in [0, 0.05) is 25.7 Å². The van der Waals surface area contributed by atoms with Gasteiger partial charge in [-0.3, -0.25) is 4.90 Å². The van der Waals surface area contributed by atoms with Crippen molar-refractivity contribution in [2.24, 2.45) is 0 Å². The Kier molecular flexibility index (Phi) is 5.65. The van der Waals surface area contributed by atoms with Crippen molar-refractivity contribution in [2.45, 2.75) is 45.6 Å². The lowest BCUT2D eigenvalue weighted by Gasteiger charge is -2.21. The maximum absolute atomic E-state index is 5.88. The Morgan fingerprint density at radius 2 is 1.90 bits per heavy atom. The number of rotatable bonds is 4. The summed E-state index contributed by atoms with van der Waals surface area (Å²) in [5.41, 5.74) is 1.55. The fourth-order valence-corrected chi connectivity index (χ4v) is 2.63. The van der Waals surface area contributed by atoms with E-state index in [0.29, 0.717) is 6.04 Å². The van der Waals surface area contributed by atoms with Crippen molar-refractivity contribution in [3.63, 3.8) is 0 Å². The van der Waals surface area contributed by atoms with E-state index in [1.165, 1.54) is 18.5 Å². The number of nitrogens with zero attached hydrogens (tertiary/aromatic N) is 1.